The number of aliphatic hydroxyl groups excluding tert-OH is 2. The number of carbonyl (C=O) groups excluding carboxylic acids is 2. The number of nitrogens with zero attached hydrogens (tertiary/aromatic N) is 3. The van der Waals surface area contributed by atoms with Crippen molar-refractivity contribution in [2.24, 2.45) is 11.3 Å². The third kappa shape index (κ3) is 9.24. The van der Waals surface area contributed by atoms with E-state index in [1.807, 2.05) is 77.2 Å². The van der Waals surface area contributed by atoms with E-state index in [-0.39, 0.29) is 30.8 Å². The van der Waals surface area contributed by atoms with Crippen LogP contribution in [0.1, 0.15) is 92.2 Å². The third-order valence-corrected chi connectivity index (χ3v) is 8.81. The van der Waals surface area contributed by atoms with Gasteiger partial charge in [0.2, 0.25) is 0 Å². The van der Waals surface area contributed by atoms with Crippen molar-refractivity contribution in [2.75, 3.05) is 18.9 Å². The average Bonchev–Trinajstić information content (AvgIpc) is 3.40. The molecule has 6 atom stereocenters. The smallest absolute Gasteiger partial charge is 0.306 e. The first kappa shape index (κ1) is 34.5. The lowest BCUT2D eigenvalue weighted by molar-refractivity contribution is -0.148. The Morgan fingerprint density at radius 3 is 2.47 bits per heavy atom. The van der Waals surface area contributed by atoms with Gasteiger partial charge in [-0.2, -0.15) is 5.10 Å². The van der Waals surface area contributed by atoms with Gasteiger partial charge in [-0.15, -0.1) is 0 Å². The average molecular weight is 597 g/mol. The number of Topliss-reactive ketones (excluding diaryl/α,β-unsaturated/α-hetero) is 1. The molecule has 2 aliphatic heterocycles. The van der Waals surface area contributed by atoms with Gasteiger partial charge in [0, 0.05) is 54.7 Å². The van der Waals surface area contributed by atoms with Crippen LogP contribution in [0.2, 0.25) is 0 Å². The fourth-order valence-electron chi connectivity index (χ4n) is 6.05. The molecule has 9 heteroatoms. The first-order chi connectivity index (χ1) is 20.5. The lowest BCUT2D eigenvalue weighted by Gasteiger charge is -2.29. The lowest BCUT2D eigenvalue weighted by atomic mass is 9.76. The molecular formula is C34H52N4O5. The summed E-state index contributed by atoms with van der Waals surface area (Å²) in [6, 6.07) is 9.88. The van der Waals surface area contributed by atoms with Crippen LogP contribution in [0, 0.1) is 11.3 Å². The first-order valence-electron chi connectivity index (χ1n) is 15.9. The number of β-amino-alcohol motifs (C(OH)–C–C–N with tert-alkyl or cyclic N) is 1. The fourth-order valence-corrected chi connectivity index (χ4v) is 6.05. The third-order valence-electron chi connectivity index (χ3n) is 8.81. The predicted molar refractivity (Wildman–Crippen MR) is 171 cm³/mol. The number of hydrogen-bond acceptors (Lipinski definition) is 8. The Hall–Kier alpha value is -3.01. The second kappa shape index (κ2) is 15.6. The number of anilines is 1. The zero-order valence-corrected chi connectivity index (χ0v) is 26.8. The van der Waals surface area contributed by atoms with E-state index >= 15 is 0 Å². The first-order valence-corrected chi connectivity index (χ1v) is 15.9. The molecule has 43 heavy (non-hydrogen) atoms. The van der Waals surface area contributed by atoms with Gasteiger partial charge in [-0.1, -0.05) is 47.5 Å². The molecule has 0 bridgehead atoms. The molecule has 0 amide bonds. The summed E-state index contributed by atoms with van der Waals surface area (Å²) in [5.74, 6) is -0.854. The van der Waals surface area contributed by atoms with E-state index in [1.54, 1.807) is 11.6 Å². The Morgan fingerprint density at radius 2 is 1.79 bits per heavy atom. The Labute approximate surface area is 257 Å². The van der Waals surface area contributed by atoms with Gasteiger partial charge in [0.1, 0.15) is 11.9 Å². The van der Waals surface area contributed by atoms with Crippen LogP contribution >= 0.6 is 0 Å². The number of aliphatic hydroxyl groups is 2. The minimum absolute atomic E-state index is 0.0226. The fraction of sp³-hybridized carbons (Fsp3) is 0.618. The van der Waals surface area contributed by atoms with Crippen LogP contribution in [-0.2, 0) is 14.3 Å². The van der Waals surface area contributed by atoms with E-state index < -0.39 is 23.5 Å². The summed E-state index contributed by atoms with van der Waals surface area (Å²) in [5.41, 5.74) is 8.30. The quantitative estimate of drug-likeness (QED) is 0.245. The van der Waals surface area contributed by atoms with Crippen molar-refractivity contribution in [1.82, 2.24) is 14.7 Å². The molecule has 2 fully saturated rings. The van der Waals surface area contributed by atoms with Crippen molar-refractivity contribution < 1.29 is 24.5 Å². The number of aromatic nitrogens is 2. The SMILES string of the molecule is C/C(=C\c1ccn(-c2ccc(N)cc2)n1)C1CC2C(CCCCC(O)[C@@H](C)C(=O)C(C)(C)CCC(=O)O1)N2CCO.CC. The minimum Gasteiger partial charge on any atom is -0.458 e. The Balaban J connectivity index is 0.00000248. The molecule has 2 aliphatic rings. The molecule has 2 aromatic rings. The summed E-state index contributed by atoms with van der Waals surface area (Å²) in [4.78, 5) is 28.6. The molecule has 238 valence electrons. The minimum atomic E-state index is -0.745. The summed E-state index contributed by atoms with van der Waals surface area (Å²) in [7, 11) is 0. The molecule has 4 rings (SSSR count). The van der Waals surface area contributed by atoms with Gasteiger partial charge in [-0.3, -0.25) is 14.5 Å². The molecule has 0 aliphatic carbocycles. The number of cyclic esters (lactones) is 1. The zero-order chi connectivity index (χ0) is 31.7. The maximum Gasteiger partial charge on any atom is 0.306 e. The van der Waals surface area contributed by atoms with Crippen molar-refractivity contribution in [1.29, 1.82) is 0 Å². The Bertz CT molecular complexity index is 1220. The van der Waals surface area contributed by atoms with Gasteiger partial charge in [0.25, 0.3) is 0 Å². The van der Waals surface area contributed by atoms with E-state index in [9.17, 15) is 19.8 Å². The summed E-state index contributed by atoms with van der Waals surface area (Å²) in [6.07, 6.45) is 7.06. The summed E-state index contributed by atoms with van der Waals surface area (Å²) < 4.78 is 7.86. The molecule has 0 spiro atoms. The number of nitrogens with two attached hydrogens (primary N) is 1. The molecule has 9 nitrogen and oxygen atoms in total. The highest BCUT2D eigenvalue weighted by atomic mass is 16.5. The number of ketones is 1. The maximum absolute atomic E-state index is 13.2. The standard InChI is InChI=1S/C32H46N4O5.C2H6/c1-21(19-24-14-16-36(34-24)25-11-9-23(33)10-12-25)29-20-27-26(35(27)17-18-37)7-5-6-8-28(38)22(2)31(40)32(3,4)15-13-30(39)41-29;1-2/h9-12,14,16,19,22,26-29,37-38H,5-8,13,15,17-18,20,33H2,1-4H3;1-2H3/b21-19+;/t22-,26?,27?,28?,29?,35?;/m1./s1. The van der Waals surface area contributed by atoms with E-state index in [0.29, 0.717) is 37.5 Å². The number of fused-ring (bicyclic) bond motifs is 1. The highest BCUT2D eigenvalue weighted by Crippen LogP contribution is 2.38. The number of carbonyl (C=O) groups is 2. The number of benzene rings is 1. The van der Waals surface area contributed by atoms with E-state index in [4.69, 9.17) is 10.5 Å². The highest BCUT2D eigenvalue weighted by Gasteiger charge is 2.47. The van der Waals surface area contributed by atoms with Crippen LogP contribution in [-0.4, -0.2) is 74.1 Å². The van der Waals surface area contributed by atoms with Gasteiger partial charge in [0.15, 0.2) is 0 Å². The van der Waals surface area contributed by atoms with Crippen LogP contribution in [0.4, 0.5) is 5.69 Å². The zero-order valence-electron chi connectivity index (χ0n) is 26.8. The Kier molecular flexibility index (Phi) is 12.5. The van der Waals surface area contributed by atoms with Crippen LogP contribution in [0.5, 0.6) is 0 Å². The lowest BCUT2D eigenvalue weighted by Crippen LogP contribution is -2.36. The van der Waals surface area contributed by atoms with Crippen molar-refractivity contribution in [3.63, 3.8) is 0 Å². The molecule has 0 saturated carbocycles. The second-order valence-electron chi connectivity index (χ2n) is 12.4. The van der Waals surface area contributed by atoms with Crippen molar-refractivity contribution >= 4 is 23.5 Å². The van der Waals surface area contributed by atoms with Gasteiger partial charge in [-0.05, 0) is 68.2 Å². The van der Waals surface area contributed by atoms with Gasteiger partial charge >= 0.3 is 5.97 Å². The summed E-state index contributed by atoms with van der Waals surface area (Å²) in [5, 5.41) is 25.0. The van der Waals surface area contributed by atoms with Crippen LogP contribution in [0.3, 0.4) is 0 Å². The molecular weight excluding hydrogens is 544 g/mol. The molecule has 3 heterocycles. The summed E-state index contributed by atoms with van der Waals surface area (Å²) in [6.45, 7) is 12.1. The van der Waals surface area contributed by atoms with E-state index in [0.717, 1.165) is 36.2 Å². The molecule has 1 aromatic heterocycles. The second-order valence-corrected chi connectivity index (χ2v) is 12.4. The van der Waals surface area contributed by atoms with Crippen LogP contribution in [0.15, 0.2) is 42.1 Å². The normalized spacial score (nSPS) is 28.7. The predicted octanol–water partition coefficient (Wildman–Crippen LogP) is 5.18. The topological polar surface area (TPSA) is 131 Å². The van der Waals surface area contributed by atoms with E-state index in [1.165, 1.54) is 0 Å². The van der Waals surface area contributed by atoms with E-state index in [2.05, 4.69) is 10.00 Å². The van der Waals surface area contributed by atoms with Gasteiger partial charge in [0.05, 0.1) is 24.1 Å². The summed E-state index contributed by atoms with van der Waals surface area (Å²) >= 11 is 0. The molecule has 2 saturated heterocycles. The van der Waals surface area contributed by atoms with Crippen LogP contribution in [0.25, 0.3) is 11.8 Å². The monoisotopic (exact) mass is 596 g/mol. The van der Waals surface area contributed by atoms with Crippen LogP contribution < -0.4 is 5.73 Å². The highest BCUT2D eigenvalue weighted by molar-refractivity contribution is 5.87. The number of nitrogen functional groups attached to an aromatic ring is 1. The molecule has 1 aromatic carbocycles. The van der Waals surface area contributed by atoms with Crippen molar-refractivity contribution in [3.05, 3.63) is 47.8 Å². The largest absolute Gasteiger partial charge is 0.458 e. The van der Waals surface area contributed by atoms with Gasteiger partial charge < -0.3 is 20.7 Å². The number of esters is 1. The molecule has 0 radical (unpaired) electrons. The Morgan fingerprint density at radius 1 is 1.12 bits per heavy atom. The van der Waals surface area contributed by atoms with Crippen molar-refractivity contribution in [3.8, 4) is 5.69 Å². The van der Waals surface area contributed by atoms with Crippen molar-refractivity contribution in [2.45, 2.75) is 111 Å². The number of hydrogen-bond donors (Lipinski definition) is 3. The van der Waals surface area contributed by atoms with Gasteiger partial charge in [-0.25, -0.2) is 4.68 Å². The molecule has 5 unspecified atom stereocenters. The molecule has 4 N–H and O–H groups in total. The number of rotatable bonds is 5. The maximum atomic E-state index is 13.2. The number of ether oxygens (including phenoxy) is 1.